The molecule has 2 aromatic carbocycles. The molecule has 3 aromatic rings. The number of hydrogen-bond donors (Lipinski definition) is 2. The summed E-state index contributed by atoms with van der Waals surface area (Å²) in [5, 5.41) is 16.7. The first kappa shape index (κ1) is 23.0. The normalized spacial score (nSPS) is 11.2. The van der Waals surface area contributed by atoms with Gasteiger partial charge in [0.2, 0.25) is 0 Å². The van der Waals surface area contributed by atoms with Crippen molar-refractivity contribution in [2.24, 2.45) is 5.10 Å². The Morgan fingerprint density at radius 1 is 1.19 bits per heavy atom. The maximum Gasteiger partial charge on any atom is 0.250 e. The van der Waals surface area contributed by atoms with Crippen molar-refractivity contribution < 1.29 is 4.79 Å². The van der Waals surface area contributed by atoms with E-state index in [9.17, 15) is 4.79 Å². The lowest BCUT2D eigenvalue weighted by atomic mass is 10.1. The fourth-order valence-electron chi connectivity index (χ4n) is 2.67. The second-order valence-corrected chi connectivity index (χ2v) is 8.73. The van der Waals surface area contributed by atoms with Crippen LogP contribution in [0.5, 0.6) is 0 Å². The Morgan fingerprint density at radius 3 is 2.65 bits per heavy atom. The monoisotopic (exact) mass is 546 g/mol. The topological polar surface area (TPSA) is 84.2 Å². The minimum absolute atomic E-state index is 0.186. The fraction of sp³-hybridized carbons (Fsp3) is 0.182. The van der Waals surface area contributed by atoms with Gasteiger partial charge in [0.15, 0.2) is 11.0 Å². The van der Waals surface area contributed by atoms with Gasteiger partial charge >= 0.3 is 0 Å². The molecule has 0 radical (unpaired) electrons. The molecule has 0 unspecified atom stereocenters. The van der Waals surface area contributed by atoms with Crippen molar-refractivity contribution in [2.45, 2.75) is 25.2 Å². The van der Waals surface area contributed by atoms with Crippen LogP contribution in [0.15, 0.2) is 77.5 Å². The summed E-state index contributed by atoms with van der Waals surface area (Å²) in [6.45, 7) is 6.76. The predicted molar refractivity (Wildman–Crippen MR) is 134 cm³/mol. The predicted octanol–water partition coefficient (Wildman–Crippen LogP) is 4.31. The average Bonchev–Trinajstić information content (AvgIpc) is 3.18. The summed E-state index contributed by atoms with van der Waals surface area (Å²) in [6, 6.07) is 17.8. The minimum atomic E-state index is -0.202. The summed E-state index contributed by atoms with van der Waals surface area (Å²) in [5.74, 6) is 0.761. The molecule has 0 spiro atoms. The Kier molecular flexibility index (Phi) is 8.65. The molecule has 7 nitrogen and oxygen atoms in total. The fourth-order valence-corrected chi connectivity index (χ4v) is 3.79. The highest BCUT2D eigenvalue weighted by molar-refractivity contribution is 14.1. The molecule has 0 aliphatic rings. The van der Waals surface area contributed by atoms with Gasteiger partial charge in [-0.25, -0.2) is 5.43 Å². The quantitative estimate of drug-likeness (QED) is 0.130. The Morgan fingerprint density at radius 2 is 1.94 bits per heavy atom. The van der Waals surface area contributed by atoms with Crippen LogP contribution in [0.3, 0.4) is 0 Å². The molecular weight excluding hydrogens is 523 g/mol. The standard InChI is InChI=1S/C22H23IN6OS/c1-3-13-29-20(14-24-19-11-9-18(23)10-12-19)26-28-22(29)31-15-21(30)27-25-16(2)17-7-5-4-6-8-17/h3-12,24H,1,13-15H2,2H3,(H,27,30). The van der Waals surface area contributed by atoms with Crippen LogP contribution < -0.4 is 10.7 Å². The van der Waals surface area contributed by atoms with E-state index in [4.69, 9.17) is 0 Å². The van der Waals surface area contributed by atoms with Crippen LogP contribution in [0.1, 0.15) is 18.3 Å². The average molecular weight is 546 g/mol. The Balaban J connectivity index is 1.57. The summed E-state index contributed by atoms with van der Waals surface area (Å²) in [5.41, 5.74) is 5.32. The van der Waals surface area contributed by atoms with Gasteiger partial charge in [0.25, 0.3) is 5.91 Å². The number of hydrogen-bond acceptors (Lipinski definition) is 6. The number of amides is 1. The summed E-state index contributed by atoms with van der Waals surface area (Å²) >= 11 is 3.59. The van der Waals surface area contributed by atoms with Gasteiger partial charge in [-0.2, -0.15) is 5.10 Å². The molecule has 1 heterocycles. The highest BCUT2D eigenvalue weighted by Gasteiger charge is 2.13. The summed E-state index contributed by atoms with van der Waals surface area (Å²) in [7, 11) is 0. The molecule has 0 aliphatic heterocycles. The maximum atomic E-state index is 12.2. The van der Waals surface area contributed by atoms with Gasteiger partial charge in [0, 0.05) is 15.8 Å². The first-order valence-corrected chi connectivity index (χ1v) is 11.7. The molecule has 0 atom stereocenters. The number of aromatic nitrogens is 3. The molecule has 0 saturated carbocycles. The van der Waals surface area contributed by atoms with E-state index < -0.39 is 0 Å². The first-order chi connectivity index (χ1) is 15.1. The van der Waals surface area contributed by atoms with Crippen molar-refractivity contribution in [3.05, 3.63) is 82.2 Å². The lowest BCUT2D eigenvalue weighted by Crippen LogP contribution is -2.21. The highest BCUT2D eigenvalue weighted by atomic mass is 127. The summed E-state index contributed by atoms with van der Waals surface area (Å²) < 4.78 is 3.13. The van der Waals surface area contributed by atoms with E-state index in [1.54, 1.807) is 6.08 Å². The summed E-state index contributed by atoms with van der Waals surface area (Å²) in [4.78, 5) is 12.2. The molecule has 0 saturated heterocycles. The van der Waals surface area contributed by atoms with Crippen molar-refractivity contribution in [3.63, 3.8) is 0 Å². The molecule has 3 rings (SSSR count). The van der Waals surface area contributed by atoms with E-state index in [-0.39, 0.29) is 11.7 Å². The molecule has 0 aliphatic carbocycles. The number of benzene rings is 2. The molecule has 9 heteroatoms. The Labute approximate surface area is 199 Å². The van der Waals surface area contributed by atoms with Crippen LogP contribution >= 0.6 is 34.4 Å². The second kappa shape index (κ2) is 11.7. The number of rotatable bonds is 10. The van der Waals surface area contributed by atoms with Gasteiger partial charge in [-0.3, -0.25) is 4.79 Å². The second-order valence-electron chi connectivity index (χ2n) is 6.55. The van der Waals surface area contributed by atoms with Crippen LogP contribution in [0.25, 0.3) is 0 Å². The van der Waals surface area contributed by atoms with E-state index >= 15 is 0 Å². The smallest absolute Gasteiger partial charge is 0.250 e. The lowest BCUT2D eigenvalue weighted by Gasteiger charge is -2.09. The van der Waals surface area contributed by atoms with E-state index in [0.717, 1.165) is 22.8 Å². The molecule has 31 heavy (non-hydrogen) atoms. The number of carbonyl (C=O) groups is 1. The van der Waals surface area contributed by atoms with Crippen LogP contribution in [0.4, 0.5) is 5.69 Å². The van der Waals surface area contributed by atoms with Gasteiger partial charge in [0.05, 0.1) is 18.0 Å². The molecule has 0 fully saturated rings. The molecular formula is C22H23IN6OS. The maximum absolute atomic E-state index is 12.2. The number of nitrogens with zero attached hydrogens (tertiary/aromatic N) is 4. The zero-order valence-electron chi connectivity index (χ0n) is 17.1. The third-order valence-corrected chi connectivity index (χ3v) is 5.96. The van der Waals surface area contributed by atoms with Crippen LogP contribution in [-0.2, 0) is 17.9 Å². The number of carbonyl (C=O) groups excluding carboxylic acids is 1. The van der Waals surface area contributed by atoms with Gasteiger partial charge in [-0.1, -0.05) is 48.2 Å². The lowest BCUT2D eigenvalue weighted by molar-refractivity contribution is -0.118. The number of thioether (sulfide) groups is 1. The first-order valence-electron chi connectivity index (χ1n) is 9.60. The van der Waals surface area contributed by atoms with Gasteiger partial charge in [0.1, 0.15) is 0 Å². The SMILES string of the molecule is C=CCn1c(CNc2ccc(I)cc2)nnc1SCC(=O)NN=C(C)c1ccccc1. The molecule has 2 N–H and O–H groups in total. The summed E-state index contributed by atoms with van der Waals surface area (Å²) in [6.07, 6.45) is 1.79. The zero-order valence-corrected chi connectivity index (χ0v) is 20.1. The number of anilines is 1. The van der Waals surface area contributed by atoms with Gasteiger partial charge in [-0.15, -0.1) is 16.8 Å². The van der Waals surface area contributed by atoms with E-state index in [0.29, 0.717) is 18.2 Å². The number of hydrazone groups is 1. The van der Waals surface area contributed by atoms with E-state index in [2.05, 4.69) is 55.2 Å². The minimum Gasteiger partial charge on any atom is -0.378 e. The van der Waals surface area contributed by atoms with Crippen LogP contribution in [-0.4, -0.2) is 32.1 Å². The van der Waals surface area contributed by atoms with Crippen molar-refractivity contribution >= 4 is 51.7 Å². The van der Waals surface area contributed by atoms with Crippen molar-refractivity contribution in [2.75, 3.05) is 11.1 Å². The largest absolute Gasteiger partial charge is 0.378 e. The number of allylic oxidation sites excluding steroid dienone is 1. The molecule has 0 bridgehead atoms. The van der Waals surface area contributed by atoms with Crippen molar-refractivity contribution in [1.29, 1.82) is 0 Å². The highest BCUT2D eigenvalue weighted by Crippen LogP contribution is 2.18. The van der Waals surface area contributed by atoms with E-state index in [1.807, 2.05) is 66.1 Å². The van der Waals surface area contributed by atoms with Crippen LogP contribution in [0, 0.1) is 3.57 Å². The Bertz CT molecular complexity index is 1050. The molecule has 1 aromatic heterocycles. The van der Waals surface area contributed by atoms with Crippen molar-refractivity contribution in [3.8, 4) is 0 Å². The number of halogens is 1. The zero-order chi connectivity index (χ0) is 22.1. The Hall–Kier alpha value is -2.66. The van der Waals surface area contributed by atoms with Crippen LogP contribution in [0.2, 0.25) is 0 Å². The molecule has 160 valence electrons. The van der Waals surface area contributed by atoms with Gasteiger partial charge in [-0.05, 0) is 59.3 Å². The molecule has 1 amide bonds. The number of nitrogens with one attached hydrogen (secondary N) is 2. The van der Waals surface area contributed by atoms with Gasteiger partial charge < -0.3 is 9.88 Å². The third-order valence-electron chi connectivity index (χ3n) is 4.27. The third kappa shape index (κ3) is 6.93. The van der Waals surface area contributed by atoms with Crippen molar-refractivity contribution in [1.82, 2.24) is 20.2 Å². The van der Waals surface area contributed by atoms with E-state index in [1.165, 1.54) is 15.3 Å².